The third-order valence-electron chi connectivity index (χ3n) is 7.57. The van der Waals surface area contributed by atoms with E-state index in [-0.39, 0.29) is 11.6 Å². The summed E-state index contributed by atoms with van der Waals surface area (Å²) in [6.07, 6.45) is 3.27. The molecule has 170 valence electrons. The number of nitrogens with one attached hydrogen (secondary N) is 3. The number of nitrogens with zero attached hydrogens (tertiary/aromatic N) is 2. The molecule has 2 aromatic carbocycles. The van der Waals surface area contributed by atoms with Gasteiger partial charge in [0.25, 0.3) is 5.91 Å². The highest BCUT2D eigenvalue weighted by Crippen LogP contribution is 2.41. The van der Waals surface area contributed by atoms with E-state index in [1.165, 1.54) is 12.0 Å². The lowest BCUT2D eigenvalue weighted by Gasteiger charge is -2.32. The first-order valence-corrected chi connectivity index (χ1v) is 11.8. The minimum atomic E-state index is -0.0295. The van der Waals surface area contributed by atoms with Crippen LogP contribution in [0.1, 0.15) is 28.9 Å². The van der Waals surface area contributed by atoms with Crippen molar-refractivity contribution in [2.24, 2.45) is 11.8 Å². The number of para-hydroxylation sites is 2. The monoisotopic (exact) mass is 443 g/mol. The molecule has 7 nitrogen and oxygen atoms in total. The molecule has 3 atom stereocenters. The van der Waals surface area contributed by atoms with Gasteiger partial charge in [-0.3, -0.25) is 9.36 Å². The van der Waals surface area contributed by atoms with Crippen LogP contribution in [0.4, 0.5) is 0 Å². The summed E-state index contributed by atoms with van der Waals surface area (Å²) < 4.78 is 1.90. The molecule has 1 fully saturated rings. The van der Waals surface area contributed by atoms with E-state index in [1.807, 2.05) is 47.0 Å². The smallest absolute Gasteiger partial charge is 0.326 e. The van der Waals surface area contributed by atoms with Gasteiger partial charge in [-0.05, 0) is 68.5 Å². The van der Waals surface area contributed by atoms with Gasteiger partial charge in [0.15, 0.2) is 0 Å². The first-order chi connectivity index (χ1) is 16.1. The van der Waals surface area contributed by atoms with Gasteiger partial charge >= 0.3 is 5.69 Å². The van der Waals surface area contributed by atoms with Gasteiger partial charge in [-0.25, -0.2) is 4.79 Å². The predicted octanol–water partition coefficient (Wildman–Crippen LogP) is 3.12. The van der Waals surface area contributed by atoms with Gasteiger partial charge < -0.3 is 20.2 Å². The second-order valence-electron chi connectivity index (χ2n) is 9.72. The quantitative estimate of drug-likeness (QED) is 0.410. The molecular weight excluding hydrogens is 414 g/mol. The summed E-state index contributed by atoms with van der Waals surface area (Å²) in [5.74, 6) is 1.19. The Hall–Kier alpha value is -3.32. The summed E-state index contributed by atoms with van der Waals surface area (Å²) in [5, 5.41) is 4.16. The lowest BCUT2D eigenvalue weighted by molar-refractivity contribution is 0.0947. The first kappa shape index (κ1) is 20.3. The summed E-state index contributed by atoms with van der Waals surface area (Å²) >= 11 is 0. The third kappa shape index (κ3) is 3.76. The van der Waals surface area contributed by atoms with Crippen molar-refractivity contribution in [3.8, 4) is 0 Å². The van der Waals surface area contributed by atoms with E-state index >= 15 is 0 Å². The molecule has 6 rings (SSSR count). The van der Waals surface area contributed by atoms with E-state index in [0.29, 0.717) is 23.6 Å². The van der Waals surface area contributed by atoms with Crippen molar-refractivity contribution in [3.05, 3.63) is 70.3 Å². The minimum Gasteiger partial charge on any atom is -0.351 e. The fourth-order valence-electron chi connectivity index (χ4n) is 5.44. The van der Waals surface area contributed by atoms with Crippen molar-refractivity contribution in [1.29, 1.82) is 0 Å². The van der Waals surface area contributed by atoms with Crippen LogP contribution in [0.15, 0.2) is 53.3 Å². The molecule has 4 aromatic rings. The molecule has 1 amide bonds. The molecule has 33 heavy (non-hydrogen) atoms. The maximum atomic E-state index is 12.5. The molecule has 0 bridgehead atoms. The number of aromatic amines is 2. The van der Waals surface area contributed by atoms with Gasteiger partial charge in [-0.1, -0.05) is 30.3 Å². The number of rotatable bonds is 7. The molecule has 1 aliphatic heterocycles. The van der Waals surface area contributed by atoms with E-state index in [9.17, 15) is 9.59 Å². The van der Waals surface area contributed by atoms with E-state index in [0.717, 1.165) is 54.4 Å². The maximum Gasteiger partial charge on any atom is 0.326 e. The molecule has 3 heterocycles. The number of carbonyl (C=O) groups is 1. The summed E-state index contributed by atoms with van der Waals surface area (Å²) in [6, 6.07) is 16.3. The van der Waals surface area contributed by atoms with E-state index in [4.69, 9.17) is 0 Å². The number of fused-ring (bicyclic) bond motifs is 1. The summed E-state index contributed by atoms with van der Waals surface area (Å²) in [7, 11) is 2.17. The lowest BCUT2D eigenvalue weighted by atomic mass is 9.99. The number of aromatic nitrogens is 3. The number of hydrogen-bond acceptors (Lipinski definition) is 3. The van der Waals surface area contributed by atoms with Crippen LogP contribution in [-0.2, 0) is 13.0 Å². The molecule has 1 aliphatic carbocycles. The molecule has 0 saturated heterocycles. The Morgan fingerprint density at radius 3 is 2.85 bits per heavy atom. The number of imidazole rings is 1. The number of amides is 1. The Morgan fingerprint density at radius 2 is 1.97 bits per heavy atom. The van der Waals surface area contributed by atoms with Crippen molar-refractivity contribution in [2.45, 2.75) is 31.8 Å². The zero-order chi connectivity index (χ0) is 22.5. The molecule has 1 saturated carbocycles. The van der Waals surface area contributed by atoms with Crippen molar-refractivity contribution in [3.63, 3.8) is 0 Å². The average molecular weight is 444 g/mol. The molecule has 7 heteroatoms. The number of likely N-dealkylation sites (N-methyl/N-ethyl adjacent to an activating group) is 1. The van der Waals surface area contributed by atoms with Crippen LogP contribution in [0.5, 0.6) is 0 Å². The Morgan fingerprint density at radius 1 is 1.12 bits per heavy atom. The van der Waals surface area contributed by atoms with Crippen molar-refractivity contribution in [1.82, 2.24) is 24.8 Å². The molecule has 2 aliphatic rings. The summed E-state index contributed by atoms with van der Waals surface area (Å²) in [5.41, 5.74) is 4.86. The number of H-pyrrole nitrogens is 2. The average Bonchev–Trinajstić information content (AvgIpc) is 3.30. The van der Waals surface area contributed by atoms with Crippen LogP contribution in [0.25, 0.3) is 21.9 Å². The maximum absolute atomic E-state index is 12.5. The standard InChI is InChI=1S/C26H29N5O2/c1-30(20-12-18-6-4-8-22-24(18)31(15-20)26(33)29-22)10-9-16-11-19(16)14-27-25(32)23-13-17-5-2-3-7-21(17)28-23/h2-8,13,16,19-20,28H,9-12,14-15H2,1H3,(H,27,32)(H,29,33). The Kier molecular flexibility index (Phi) is 4.87. The van der Waals surface area contributed by atoms with Crippen LogP contribution in [-0.4, -0.2) is 51.5 Å². The summed E-state index contributed by atoms with van der Waals surface area (Å²) in [4.78, 5) is 33.5. The van der Waals surface area contributed by atoms with Gasteiger partial charge in [-0.15, -0.1) is 0 Å². The highest BCUT2D eigenvalue weighted by atomic mass is 16.2. The molecule has 3 unspecified atom stereocenters. The second-order valence-corrected chi connectivity index (χ2v) is 9.72. The first-order valence-electron chi connectivity index (χ1n) is 11.8. The Bertz CT molecular complexity index is 1360. The number of benzene rings is 2. The normalized spacial score (nSPS) is 21.7. The molecule has 2 aromatic heterocycles. The van der Waals surface area contributed by atoms with Crippen molar-refractivity contribution >= 4 is 27.8 Å². The van der Waals surface area contributed by atoms with Gasteiger partial charge in [0.2, 0.25) is 0 Å². The van der Waals surface area contributed by atoms with Crippen molar-refractivity contribution < 1.29 is 4.79 Å². The zero-order valence-corrected chi connectivity index (χ0v) is 18.8. The van der Waals surface area contributed by atoms with Gasteiger partial charge in [-0.2, -0.15) is 0 Å². The van der Waals surface area contributed by atoms with Crippen LogP contribution >= 0.6 is 0 Å². The highest BCUT2D eigenvalue weighted by Gasteiger charge is 2.37. The van der Waals surface area contributed by atoms with Crippen LogP contribution < -0.4 is 11.0 Å². The van der Waals surface area contributed by atoms with E-state index in [1.54, 1.807) is 0 Å². The third-order valence-corrected chi connectivity index (χ3v) is 7.57. The van der Waals surface area contributed by atoms with Crippen LogP contribution in [0, 0.1) is 11.8 Å². The van der Waals surface area contributed by atoms with Crippen LogP contribution in [0.3, 0.4) is 0 Å². The van der Waals surface area contributed by atoms with E-state index in [2.05, 4.69) is 33.3 Å². The second kappa shape index (κ2) is 7.92. The number of carbonyl (C=O) groups excluding carboxylic acids is 1. The summed E-state index contributed by atoms with van der Waals surface area (Å²) in [6.45, 7) is 2.48. The van der Waals surface area contributed by atoms with Crippen molar-refractivity contribution in [2.75, 3.05) is 20.1 Å². The lowest BCUT2D eigenvalue weighted by Crippen LogP contribution is -2.42. The largest absolute Gasteiger partial charge is 0.351 e. The topological polar surface area (TPSA) is 85.9 Å². The molecule has 0 spiro atoms. The fourth-order valence-corrected chi connectivity index (χ4v) is 5.44. The van der Waals surface area contributed by atoms with Crippen LogP contribution in [0.2, 0.25) is 0 Å². The Labute approximate surface area is 191 Å². The SMILES string of the molecule is CN(CCC1CC1CNC(=O)c1cc2ccccc2[nH]1)C1Cc2cccc3[nH]c(=O)n(c23)C1. The predicted molar refractivity (Wildman–Crippen MR) is 130 cm³/mol. The van der Waals surface area contributed by atoms with Gasteiger partial charge in [0.05, 0.1) is 11.0 Å². The molecular formula is C26H29N5O2. The molecule has 3 N–H and O–H groups in total. The molecule has 0 radical (unpaired) electrons. The Balaban J connectivity index is 0.995. The zero-order valence-electron chi connectivity index (χ0n) is 18.8. The highest BCUT2D eigenvalue weighted by molar-refractivity contribution is 5.98. The van der Waals surface area contributed by atoms with E-state index < -0.39 is 0 Å². The minimum absolute atomic E-state index is 0.0106. The van der Waals surface area contributed by atoms with Gasteiger partial charge in [0.1, 0.15) is 5.69 Å². The fraction of sp³-hybridized carbons (Fsp3) is 0.385. The number of hydrogen-bond donors (Lipinski definition) is 3. The van der Waals surface area contributed by atoms with Gasteiger partial charge in [0, 0.05) is 30.0 Å².